The number of hydrogen-bond acceptors (Lipinski definition) is 3. The van der Waals surface area contributed by atoms with E-state index in [1.54, 1.807) is 12.1 Å². The number of carbonyl (C=O) groups is 1. The van der Waals surface area contributed by atoms with Gasteiger partial charge in [0.2, 0.25) is 0 Å². The molecular weight excluding hydrogens is 453 g/mol. The Morgan fingerprint density at radius 1 is 0.903 bits per heavy atom. The predicted octanol–water partition coefficient (Wildman–Crippen LogP) is 7.18. The van der Waals surface area contributed by atoms with Gasteiger partial charge in [-0.05, 0) is 48.7 Å². The summed E-state index contributed by atoms with van der Waals surface area (Å²) in [5.41, 5.74) is 2.26. The van der Waals surface area contributed by atoms with Gasteiger partial charge >= 0.3 is 0 Å². The number of anilines is 1. The van der Waals surface area contributed by atoms with Crippen LogP contribution in [0.2, 0.25) is 15.1 Å². The normalized spacial score (nSPS) is 20.2. The Morgan fingerprint density at radius 2 is 1.55 bits per heavy atom. The van der Waals surface area contributed by atoms with Gasteiger partial charge in [0.05, 0.1) is 16.8 Å². The van der Waals surface area contributed by atoms with Crippen molar-refractivity contribution in [1.82, 2.24) is 5.32 Å². The Labute approximate surface area is 198 Å². The fraction of sp³-hybridized carbons (Fsp3) is 0.417. The van der Waals surface area contributed by atoms with Gasteiger partial charge in [0.15, 0.2) is 0 Å². The number of benzene rings is 2. The van der Waals surface area contributed by atoms with Crippen LogP contribution in [0, 0.1) is 0 Å². The Morgan fingerprint density at radius 3 is 2.23 bits per heavy atom. The van der Waals surface area contributed by atoms with Crippen LogP contribution in [0.5, 0.6) is 0 Å². The van der Waals surface area contributed by atoms with E-state index in [-0.39, 0.29) is 18.0 Å². The van der Waals surface area contributed by atoms with Gasteiger partial charge in [-0.2, -0.15) is 5.10 Å². The van der Waals surface area contributed by atoms with E-state index in [0.29, 0.717) is 27.2 Å². The van der Waals surface area contributed by atoms with Gasteiger partial charge in [-0.3, -0.25) is 9.80 Å². The highest BCUT2D eigenvalue weighted by molar-refractivity contribution is 6.40. The average molecular weight is 479 g/mol. The van der Waals surface area contributed by atoms with Crippen molar-refractivity contribution in [2.24, 2.45) is 5.10 Å². The molecule has 7 heteroatoms. The first kappa shape index (κ1) is 22.4. The van der Waals surface area contributed by atoms with E-state index >= 15 is 0 Å². The first-order valence-corrected chi connectivity index (χ1v) is 12.0. The summed E-state index contributed by atoms with van der Waals surface area (Å²) in [6, 6.07) is 13.0. The highest BCUT2D eigenvalue weighted by Crippen LogP contribution is 2.40. The Balaban J connectivity index is 1.58. The number of rotatable bonds is 4. The van der Waals surface area contributed by atoms with Crippen LogP contribution in [0.25, 0.3) is 0 Å². The minimum absolute atomic E-state index is 0.0860. The molecule has 1 unspecified atom stereocenters. The van der Waals surface area contributed by atoms with E-state index in [1.807, 2.05) is 35.3 Å². The Kier molecular flexibility index (Phi) is 7.42. The van der Waals surface area contributed by atoms with Crippen molar-refractivity contribution in [2.75, 3.05) is 5.01 Å². The summed E-state index contributed by atoms with van der Waals surface area (Å²) in [7, 11) is 0. The standard InChI is InChI=1S/C24H26Cl3N3O/c25-17-10-8-16(9-11-17)23-15-21(24(31)28-19-6-4-2-1-3-5-7-19)29-30(23)22-13-12-18(26)14-20(22)27/h8-14,19,23H,1-7,15H2,(H,28,31). The maximum absolute atomic E-state index is 13.1. The minimum atomic E-state index is -0.144. The van der Waals surface area contributed by atoms with Crippen LogP contribution < -0.4 is 10.3 Å². The average Bonchev–Trinajstić information content (AvgIpc) is 3.15. The fourth-order valence-electron chi connectivity index (χ4n) is 4.35. The second kappa shape index (κ2) is 10.2. The summed E-state index contributed by atoms with van der Waals surface area (Å²) in [5, 5.41) is 11.5. The van der Waals surface area contributed by atoms with Crippen molar-refractivity contribution in [1.29, 1.82) is 0 Å². The summed E-state index contributed by atoms with van der Waals surface area (Å²) < 4.78 is 0. The van der Waals surface area contributed by atoms with Crippen LogP contribution in [-0.2, 0) is 4.79 Å². The molecule has 2 aromatic carbocycles. The van der Waals surface area contributed by atoms with Crippen molar-refractivity contribution in [3.05, 3.63) is 63.1 Å². The molecule has 0 spiro atoms. The highest BCUT2D eigenvalue weighted by atomic mass is 35.5. The number of carbonyl (C=O) groups excluding carboxylic acids is 1. The van der Waals surface area contributed by atoms with Gasteiger partial charge in [0.25, 0.3) is 5.91 Å². The third-order valence-corrected chi connectivity index (χ3v) is 6.81. The summed E-state index contributed by atoms with van der Waals surface area (Å²) in [6.45, 7) is 0. The van der Waals surface area contributed by atoms with Crippen LogP contribution in [0.15, 0.2) is 47.6 Å². The van der Waals surface area contributed by atoms with Gasteiger partial charge in [-0.1, -0.05) is 79.0 Å². The Bertz CT molecular complexity index is 953. The lowest BCUT2D eigenvalue weighted by atomic mass is 9.96. The summed E-state index contributed by atoms with van der Waals surface area (Å²) in [6.07, 6.45) is 8.68. The molecule has 4 rings (SSSR count). The lowest BCUT2D eigenvalue weighted by Crippen LogP contribution is -2.39. The molecule has 164 valence electrons. The molecule has 1 N–H and O–H groups in total. The summed E-state index contributed by atoms with van der Waals surface area (Å²) in [5.74, 6) is -0.0860. The zero-order valence-corrected chi connectivity index (χ0v) is 19.6. The second-order valence-corrected chi connectivity index (χ2v) is 9.55. The molecule has 31 heavy (non-hydrogen) atoms. The van der Waals surface area contributed by atoms with Gasteiger partial charge in [0.1, 0.15) is 5.71 Å². The molecule has 1 aliphatic carbocycles. The predicted molar refractivity (Wildman–Crippen MR) is 129 cm³/mol. The van der Waals surface area contributed by atoms with E-state index in [9.17, 15) is 4.79 Å². The lowest BCUT2D eigenvalue weighted by Gasteiger charge is -2.25. The second-order valence-electron chi connectivity index (χ2n) is 8.27. The van der Waals surface area contributed by atoms with E-state index in [4.69, 9.17) is 39.9 Å². The van der Waals surface area contributed by atoms with Crippen molar-refractivity contribution < 1.29 is 4.79 Å². The number of nitrogens with one attached hydrogen (secondary N) is 1. The number of hydrogen-bond donors (Lipinski definition) is 1. The summed E-state index contributed by atoms with van der Waals surface area (Å²) >= 11 is 18.7. The molecule has 0 aromatic heterocycles. The molecule has 2 aliphatic rings. The van der Waals surface area contributed by atoms with Crippen LogP contribution in [0.4, 0.5) is 5.69 Å². The molecule has 4 nitrogen and oxygen atoms in total. The van der Waals surface area contributed by atoms with Crippen molar-refractivity contribution in [2.45, 2.75) is 63.5 Å². The van der Waals surface area contributed by atoms with E-state index in [2.05, 4.69) is 5.32 Å². The monoisotopic (exact) mass is 477 g/mol. The Hall–Kier alpha value is -1.75. The highest BCUT2D eigenvalue weighted by Gasteiger charge is 2.34. The van der Waals surface area contributed by atoms with Crippen LogP contribution in [-0.4, -0.2) is 17.7 Å². The van der Waals surface area contributed by atoms with Crippen molar-refractivity contribution in [3.8, 4) is 0 Å². The molecule has 1 saturated carbocycles. The van der Waals surface area contributed by atoms with Crippen LogP contribution in [0.3, 0.4) is 0 Å². The van der Waals surface area contributed by atoms with Gasteiger partial charge in [-0.15, -0.1) is 0 Å². The molecule has 1 aliphatic heterocycles. The quantitative estimate of drug-likeness (QED) is 0.505. The number of nitrogens with zero attached hydrogens (tertiary/aromatic N) is 2. The molecule has 1 heterocycles. The first-order valence-electron chi connectivity index (χ1n) is 10.9. The molecule has 0 saturated heterocycles. The SMILES string of the molecule is O=C(NC1CCCCCCC1)C1=NN(c2ccc(Cl)cc2Cl)C(c2ccc(Cl)cc2)C1. The van der Waals surface area contributed by atoms with Crippen molar-refractivity contribution in [3.63, 3.8) is 0 Å². The molecule has 2 aromatic rings. The van der Waals surface area contributed by atoms with Crippen LogP contribution in [0.1, 0.15) is 63.0 Å². The third kappa shape index (κ3) is 5.54. The number of halogens is 3. The minimum Gasteiger partial charge on any atom is -0.348 e. The third-order valence-electron chi connectivity index (χ3n) is 6.02. The molecule has 1 amide bonds. The van der Waals surface area contributed by atoms with E-state index in [1.165, 1.54) is 19.3 Å². The van der Waals surface area contributed by atoms with E-state index in [0.717, 1.165) is 36.9 Å². The van der Waals surface area contributed by atoms with Gasteiger partial charge < -0.3 is 5.32 Å². The summed E-state index contributed by atoms with van der Waals surface area (Å²) in [4.78, 5) is 13.1. The molecule has 1 fully saturated rings. The van der Waals surface area contributed by atoms with Gasteiger partial charge in [0, 0.05) is 22.5 Å². The topological polar surface area (TPSA) is 44.7 Å². The maximum Gasteiger partial charge on any atom is 0.267 e. The maximum atomic E-state index is 13.1. The lowest BCUT2D eigenvalue weighted by molar-refractivity contribution is -0.115. The fourth-order valence-corrected chi connectivity index (χ4v) is 4.97. The van der Waals surface area contributed by atoms with Crippen molar-refractivity contribution >= 4 is 52.1 Å². The molecular formula is C24H26Cl3N3O. The van der Waals surface area contributed by atoms with Crippen LogP contribution >= 0.6 is 34.8 Å². The molecule has 1 atom stereocenters. The number of hydrazone groups is 1. The van der Waals surface area contributed by atoms with Gasteiger partial charge in [-0.25, -0.2) is 0 Å². The zero-order valence-electron chi connectivity index (χ0n) is 17.3. The largest absolute Gasteiger partial charge is 0.348 e. The zero-order chi connectivity index (χ0) is 21.8. The molecule has 0 bridgehead atoms. The first-order chi connectivity index (χ1) is 15.0. The smallest absolute Gasteiger partial charge is 0.267 e. The molecule has 0 radical (unpaired) electrons. The van der Waals surface area contributed by atoms with E-state index < -0.39 is 0 Å². The number of amides is 1.